The van der Waals surface area contributed by atoms with Crippen molar-refractivity contribution in [2.75, 3.05) is 26.9 Å². The Morgan fingerprint density at radius 3 is 2.59 bits per heavy atom. The van der Waals surface area contributed by atoms with E-state index in [1.165, 1.54) is 5.56 Å². The van der Waals surface area contributed by atoms with Crippen LogP contribution in [0.3, 0.4) is 0 Å². The summed E-state index contributed by atoms with van der Waals surface area (Å²) in [5.41, 5.74) is 1.18. The lowest BCUT2D eigenvalue weighted by Gasteiger charge is -2.11. The third-order valence-electron chi connectivity index (χ3n) is 4.00. The first kappa shape index (κ1) is 21.3. The molecular formula is C18H26IN5O3. The third kappa shape index (κ3) is 5.98. The van der Waals surface area contributed by atoms with E-state index < -0.39 is 0 Å². The maximum Gasteiger partial charge on any atom is 0.231 e. The lowest BCUT2D eigenvalue weighted by atomic mass is 10.1. The van der Waals surface area contributed by atoms with Crippen LogP contribution in [-0.4, -0.2) is 43.0 Å². The fourth-order valence-corrected chi connectivity index (χ4v) is 2.53. The summed E-state index contributed by atoms with van der Waals surface area (Å²) in [7, 11) is 1.75. The zero-order chi connectivity index (χ0) is 18.4. The molecule has 0 unspecified atom stereocenters. The Bertz CT molecular complexity index is 763. The van der Waals surface area contributed by atoms with Crippen molar-refractivity contribution in [1.29, 1.82) is 0 Å². The van der Waals surface area contributed by atoms with Crippen molar-refractivity contribution in [3.05, 3.63) is 35.5 Å². The predicted molar refractivity (Wildman–Crippen MR) is 113 cm³/mol. The predicted octanol–water partition coefficient (Wildman–Crippen LogP) is 2.49. The van der Waals surface area contributed by atoms with Crippen LogP contribution in [0.15, 0.2) is 27.7 Å². The highest BCUT2D eigenvalue weighted by atomic mass is 127. The fraction of sp³-hybridized carbons (Fsp3) is 0.500. The highest BCUT2D eigenvalue weighted by Gasteiger charge is 2.13. The molecule has 0 amide bonds. The molecule has 2 N–H and O–H groups in total. The fourth-order valence-electron chi connectivity index (χ4n) is 2.53. The van der Waals surface area contributed by atoms with Gasteiger partial charge in [-0.25, -0.2) is 0 Å². The summed E-state index contributed by atoms with van der Waals surface area (Å²) < 4.78 is 16.0. The molecule has 9 heteroatoms. The number of halogens is 1. The van der Waals surface area contributed by atoms with Gasteiger partial charge in [0.25, 0.3) is 0 Å². The molecule has 0 bridgehead atoms. The number of ether oxygens (including phenoxy) is 2. The number of fused-ring (bicyclic) bond motifs is 1. The van der Waals surface area contributed by atoms with Gasteiger partial charge in [-0.05, 0) is 24.1 Å². The molecule has 0 saturated carbocycles. The Morgan fingerprint density at radius 1 is 1.15 bits per heavy atom. The number of benzene rings is 1. The highest BCUT2D eigenvalue weighted by molar-refractivity contribution is 14.0. The minimum absolute atomic E-state index is 0. The Morgan fingerprint density at radius 2 is 1.89 bits per heavy atom. The Balaban J connectivity index is 0.00000261. The quantitative estimate of drug-likeness (QED) is 0.352. The number of aliphatic imine (C=N–C) groups is 1. The average Bonchev–Trinajstić information content (AvgIpc) is 3.29. The summed E-state index contributed by atoms with van der Waals surface area (Å²) in [6.07, 6.45) is 1.52. The van der Waals surface area contributed by atoms with E-state index in [2.05, 4.69) is 25.8 Å². The summed E-state index contributed by atoms with van der Waals surface area (Å²) in [5, 5.41) is 10.5. The summed E-state index contributed by atoms with van der Waals surface area (Å²) in [4.78, 5) is 8.59. The maximum absolute atomic E-state index is 5.40. The number of hydrogen-bond acceptors (Lipinski definition) is 6. The van der Waals surface area contributed by atoms with Crippen LogP contribution in [0.25, 0.3) is 0 Å². The van der Waals surface area contributed by atoms with E-state index >= 15 is 0 Å². The summed E-state index contributed by atoms with van der Waals surface area (Å²) in [6.45, 7) is 5.81. The largest absolute Gasteiger partial charge is 0.454 e. The molecule has 2 aromatic rings. The minimum atomic E-state index is 0. The third-order valence-corrected chi connectivity index (χ3v) is 4.00. The highest BCUT2D eigenvalue weighted by Crippen LogP contribution is 2.32. The van der Waals surface area contributed by atoms with Crippen LogP contribution >= 0.6 is 24.0 Å². The van der Waals surface area contributed by atoms with E-state index in [4.69, 9.17) is 14.0 Å². The summed E-state index contributed by atoms with van der Waals surface area (Å²) in [6, 6.07) is 6.01. The molecule has 0 atom stereocenters. The molecule has 1 aromatic heterocycles. The van der Waals surface area contributed by atoms with Gasteiger partial charge < -0.3 is 24.6 Å². The van der Waals surface area contributed by atoms with E-state index in [9.17, 15) is 0 Å². The van der Waals surface area contributed by atoms with Gasteiger partial charge in [0.2, 0.25) is 12.7 Å². The van der Waals surface area contributed by atoms with Crippen molar-refractivity contribution < 1.29 is 14.0 Å². The lowest BCUT2D eigenvalue weighted by molar-refractivity contribution is 0.174. The van der Waals surface area contributed by atoms with Gasteiger partial charge in [-0.1, -0.05) is 25.1 Å². The van der Waals surface area contributed by atoms with Crippen molar-refractivity contribution in [2.24, 2.45) is 4.99 Å². The van der Waals surface area contributed by atoms with Gasteiger partial charge >= 0.3 is 0 Å². The number of hydrogen-bond donors (Lipinski definition) is 2. The van der Waals surface area contributed by atoms with Crippen LogP contribution in [0.5, 0.6) is 11.5 Å². The second-order valence-corrected chi connectivity index (χ2v) is 6.31. The minimum Gasteiger partial charge on any atom is -0.454 e. The molecule has 148 valence electrons. The molecule has 1 aliphatic heterocycles. The van der Waals surface area contributed by atoms with Crippen LogP contribution in [0.1, 0.15) is 37.0 Å². The maximum atomic E-state index is 5.40. The van der Waals surface area contributed by atoms with Gasteiger partial charge in [-0.3, -0.25) is 4.99 Å². The van der Waals surface area contributed by atoms with Crippen LogP contribution in [-0.2, 0) is 12.8 Å². The van der Waals surface area contributed by atoms with Crippen molar-refractivity contribution in [2.45, 2.75) is 32.6 Å². The molecule has 8 nitrogen and oxygen atoms in total. The Kier molecular flexibility index (Phi) is 8.14. The summed E-state index contributed by atoms with van der Waals surface area (Å²) >= 11 is 0. The SMILES string of the molecule is CN=C(NCCc1ccc2c(c1)OCO2)NCCc1nc(C(C)C)no1.I. The first-order chi connectivity index (χ1) is 12.7. The molecule has 1 aliphatic rings. The van der Waals surface area contributed by atoms with Crippen LogP contribution in [0, 0.1) is 0 Å². The molecule has 2 heterocycles. The number of rotatable bonds is 7. The zero-order valence-corrected chi connectivity index (χ0v) is 18.1. The smallest absolute Gasteiger partial charge is 0.231 e. The monoisotopic (exact) mass is 487 g/mol. The zero-order valence-electron chi connectivity index (χ0n) is 15.8. The molecule has 0 radical (unpaired) electrons. The van der Waals surface area contributed by atoms with E-state index in [0.29, 0.717) is 25.6 Å². The van der Waals surface area contributed by atoms with Gasteiger partial charge in [0, 0.05) is 32.5 Å². The van der Waals surface area contributed by atoms with Crippen molar-refractivity contribution >= 4 is 29.9 Å². The number of nitrogens with one attached hydrogen (secondary N) is 2. The first-order valence-corrected chi connectivity index (χ1v) is 8.81. The van der Waals surface area contributed by atoms with Crippen molar-refractivity contribution in [3.8, 4) is 11.5 Å². The molecule has 0 fully saturated rings. The van der Waals surface area contributed by atoms with E-state index in [1.54, 1.807) is 7.05 Å². The number of guanidine groups is 1. The van der Waals surface area contributed by atoms with Crippen molar-refractivity contribution in [1.82, 2.24) is 20.8 Å². The summed E-state index contributed by atoms with van der Waals surface area (Å²) in [5.74, 6) is 4.01. The topological polar surface area (TPSA) is 93.8 Å². The van der Waals surface area contributed by atoms with E-state index in [0.717, 1.165) is 36.2 Å². The van der Waals surface area contributed by atoms with Gasteiger partial charge in [-0.15, -0.1) is 24.0 Å². The second kappa shape index (κ2) is 10.3. The normalized spacial score (nSPS) is 12.8. The number of nitrogens with zero attached hydrogens (tertiary/aromatic N) is 3. The van der Waals surface area contributed by atoms with Gasteiger partial charge in [0.05, 0.1) is 0 Å². The van der Waals surface area contributed by atoms with E-state index in [1.807, 2.05) is 32.0 Å². The second-order valence-electron chi connectivity index (χ2n) is 6.31. The van der Waals surface area contributed by atoms with Crippen molar-refractivity contribution in [3.63, 3.8) is 0 Å². The average molecular weight is 487 g/mol. The van der Waals surface area contributed by atoms with Crippen LogP contribution < -0.4 is 20.1 Å². The van der Waals surface area contributed by atoms with Gasteiger partial charge in [-0.2, -0.15) is 4.98 Å². The molecule has 0 saturated heterocycles. The standard InChI is InChI=1S/C18H25N5O3.HI/c1-12(2)17-22-16(26-23-17)7-9-21-18(19-3)20-8-6-13-4-5-14-15(10-13)25-11-24-14;/h4-5,10,12H,6-9,11H2,1-3H3,(H2,19,20,21);1H. The molecule has 1 aromatic carbocycles. The van der Waals surface area contributed by atoms with Gasteiger partial charge in [0.15, 0.2) is 23.3 Å². The Hall–Kier alpha value is -2.04. The molecule has 27 heavy (non-hydrogen) atoms. The van der Waals surface area contributed by atoms with E-state index in [-0.39, 0.29) is 29.9 Å². The lowest BCUT2D eigenvalue weighted by Crippen LogP contribution is -2.39. The molecular weight excluding hydrogens is 461 g/mol. The molecule has 3 rings (SSSR count). The van der Waals surface area contributed by atoms with Crippen LogP contribution in [0.2, 0.25) is 0 Å². The molecule has 0 aliphatic carbocycles. The first-order valence-electron chi connectivity index (χ1n) is 8.81. The molecule has 0 spiro atoms. The number of aromatic nitrogens is 2. The van der Waals surface area contributed by atoms with Gasteiger partial charge in [0.1, 0.15) is 0 Å². The van der Waals surface area contributed by atoms with Crippen LogP contribution in [0.4, 0.5) is 0 Å². The Labute approximate surface area is 176 Å².